The molecular weight excluding hydrogens is 236 g/mol. The molecule has 1 saturated carbocycles. The molecule has 102 valence electrons. The minimum absolute atomic E-state index is 0.0108. The van der Waals surface area contributed by atoms with Crippen molar-refractivity contribution < 1.29 is 9.53 Å². The molecule has 1 heterocycles. The number of hydrogen-bond acceptors (Lipinski definition) is 2. The van der Waals surface area contributed by atoms with Crippen molar-refractivity contribution in [1.82, 2.24) is 0 Å². The first-order valence-corrected chi connectivity index (χ1v) is 7.28. The lowest BCUT2D eigenvalue weighted by molar-refractivity contribution is -0.142. The van der Waals surface area contributed by atoms with Gasteiger partial charge in [-0.25, -0.2) is 0 Å². The maximum atomic E-state index is 11.7. The molecule has 19 heavy (non-hydrogen) atoms. The number of rotatable bonds is 4. The number of hydrogen-bond donors (Lipinski definition) is 0. The van der Waals surface area contributed by atoms with Gasteiger partial charge in [0.2, 0.25) is 0 Å². The van der Waals surface area contributed by atoms with Crippen molar-refractivity contribution in [2.75, 3.05) is 0 Å². The average molecular weight is 258 g/mol. The predicted octanol–water partition coefficient (Wildman–Crippen LogP) is 3.70. The molecule has 0 radical (unpaired) electrons. The van der Waals surface area contributed by atoms with Gasteiger partial charge in [0.05, 0.1) is 11.5 Å². The van der Waals surface area contributed by atoms with Crippen LogP contribution in [0, 0.1) is 11.8 Å². The molecule has 2 aliphatic rings. The Morgan fingerprint density at radius 3 is 2.37 bits per heavy atom. The smallest absolute Gasteiger partial charge is 0.126 e. The highest BCUT2D eigenvalue weighted by molar-refractivity contribution is 5.59. The van der Waals surface area contributed by atoms with Gasteiger partial charge in [-0.05, 0) is 51.0 Å². The normalized spacial score (nSPS) is 31.1. The maximum absolute atomic E-state index is 11.7. The van der Waals surface area contributed by atoms with Crippen molar-refractivity contribution in [1.29, 1.82) is 0 Å². The van der Waals surface area contributed by atoms with Crippen LogP contribution in [0.15, 0.2) is 30.3 Å². The Morgan fingerprint density at radius 2 is 1.89 bits per heavy atom. The van der Waals surface area contributed by atoms with Gasteiger partial charge >= 0.3 is 0 Å². The van der Waals surface area contributed by atoms with E-state index in [1.54, 1.807) is 0 Å². The molecule has 2 heteroatoms. The summed E-state index contributed by atoms with van der Waals surface area (Å²) < 4.78 is 6.45. The van der Waals surface area contributed by atoms with Gasteiger partial charge in [0.1, 0.15) is 11.9 Å². The topological polar surface area (TPSA) is 26.3 Å². The Bertz CT molecular complexity index is 461. The largest absolute Gasteiger partial charge is 0.364 e. The molecule has 0 aromatic heterocycles. The van der Waals surface area contributed by atoms with Crippen LogP contribution in [0.4, 0.5) is 0 Å². The number of ether oxygens (including phenoxy) is 1. The molecule has 0 spiro atoms. The molecule has 2 fully saturated rings. The lowest BCUT2D eigenvalue weighted by atomic mass is 9.77. The Balaban J connectivity index is 2.03. The first kappa shape index (κ1) is 12.9. The molecule has 2 nitrogen and oxygen atoms in total. The van der Waals surface area contributed by atoms with Crippen molar-refractivity contribution in [3.05, 3.63) is 35.9 Å². The van der Waals surface area contributed by atoms with Crippen LogP contribution in [-0.4, -0.2) is 11.9 Å². The summed E-state index contributed by atoms with van der Waals surface area (Å²) in [5.74, 6) is 0.531. The van der Waals surface area contributed by atoms with Crippen molar-refractivity contribution in [2.45, 2.75) is 50.7 Å². The molecule has 2 atom stereocenters. The molecule has 1 aromatic carbocycles. The lowest BCUT2D eigenvalue weighted by Gasteiger charge is -2.37. The van der Waals surface area contributed by atoms with E-state index in [-0.39, 0.29) is 11.5 Å². The highest BCUT2D eigenvalue weighted by atomic mass is 16.5. The summed E-state index contributed by atoms with van der Waals surface area (Å²) in [5, 5.41) is 0. The molecule has 1 saturated heterocycles. The van der Waals surface area contributed by atoms with Gasteiger partial charge in [-0.1, -0.05) is 30.3 Å². The number of aldehydes is 1. The van der Waals surface area contributed by atoms with Crippen LogP contribution in [0.3, 0.4) is 0 Å². The fourth-order valence-corrected chi connectivity index (χ4v) is 3.49. The van der Waals surface area contributed by atoms with Crippen LogP contribution in [-0.2, 0) is 15.1 Å². The van der Waals surface area contributed by atoms with Crippen LogP contribution in [0.25, 0.3) is 0 Å². The van der Waals surface area contributed by atoms with E-state index in [1.165, 1.54) is 18.4 Å². The fourth-order valence-electron chi connectivity index (χ4n) is 3.49. The summed E-state index contributed by atoms with van der Waals surface area (Å²) in [6.07, 6.45) is 5.44. The molecule has 1 aliphatic carbocycles. The molecule has 1 aromatic rings. The van der Waals surface area contributed by atoms with E-state index < -0.39 is 5.60 Å². The standard InChI is InChI=1S/C17H22O2/c1-16(2)10-11-17(19-16,14-6-4-3-5-7-14)15(12-18)13-8-9-13/h3-7,12-13,15H,8-11H2,1-2H3. The molecule has 0 N–H and O–H groups in total. The van der Waals surface area contributed by atoms with Gasteiger partial charge in [0.25, 0.3) is 0 Å². The average Bonchev–Trinajstić information content (AvgIpc) is 3.17. The third kappa shape index (κ3) is 2.23. The molecule has 2 unspecified atom stereocenters. The Hall–Kier alpha value is -1.15. The maximum Gasteiger partial charge on any atom is 0.126 e. The number of benzene rings is 1. The van der Waals surface area contributed by atoms with E-state index in [9.17, 15) is 4.79 Å². The van der Waals surface area contributed by atoms with Gasteiger partial charge in [-0.15, -0.1) is 0 Å². The second-order valence-corrected chi connectivity index (χ2v) is 6.62. The van der Waals surface area contributed by atoms with Crippen LogP contribution >= 0.6 is 0 Å². The summed E-state index contributed by atoms with van der Waals surface area (Å²) in [7, 11) is 0. The predicted molar refractivity (Wildman–Crippen MR) is 74.8 cm³/mol. The molecule has 3 rings (SSSR count). The van der Waals surface area contributed by atoms with Gasteiger partial charge in [0, 0.05) is 0 Å². The fraction of sp³-hybridized carbons (Fsp3) is 0.588. The third-order valence-electron chi connectivity index (χ3n) is 4.63. The van der Waals surface area contributed by atoms with E-state index in [0.717, 1.165) is 19.1 Å². The minimum atomic E-state index is -0.395. The Kier molecular flexibility index (Phi) is 3.01. The second-order valence-electron chi connectivity index (χ2n) is 6.62. The monoisotopic (exact) mass is 258 g/mol. The highest BCUT2D eigenvalue weighted by Crippen LogP contribution is 2.54. The molecule has 0 bridgehead atoms. The Morgan fingerprint density at radius 1 is 1.21 bits per heavy atom. The molecule has 0 amide bonds. The van der Waals surface area contributed by atoms with Crippen molar-refractivity contribution in [3.8, 4) is 0 Å². The Labute approximate surface area is 115 Å². The van der Waals surface area contributed by atoms with Crippen molar-refractivity contribution in [2.24, 2.45) is 11.8 Å². The van der Waals surface area contributed by atoms with Crippen LogP contribution in [0.2, 0.25) is 0 Å². The van der Waals surface area contributed by atoms with Gasteiger partial charge in [0.15, 0.2) is 0 Å². The van der Waals surface area contributed by atoms with E-state index >= 15 is 0 Å². The first-order chi connectivity index (χ1) is 9.07. The van der Waals surface area contributed by atoms with Crippen LogP contribution in [0.1, 0.15) is 45.1 Å². The zero-order valence-electron chi connectivity index (χ0n) is 11.8. The summed E-state index contributed by atoms with van der Waals surface area (Å²) in [5.41, 5.74) is 0.643. The van der Waals surface area contributed by atoms with Crippen LogP contribution < -0.4 is 0 Å². The van der Waals surface area contributed by atoms with E-state index in [0.29, 0.717) is 5.92 Å². The second kappa shape index (κ2) is 4.45. The lowest BCUT2D eigenvalue weighted by Crippen LogP contribution is -2.39. The van der Waals surface area contributed by atoms with E-state index in [2.05, 4.69) is 26.0 Å². The quantitative estimate of drug-likeness (QED) is 0.770. The minimum Gasteiger partial charge on any atom is -0.364 e. The van der Waals surface area contributed by atoms with Gasteiger partial charge in [-0.3, -0.25) is 0 Å². The van der Waals surface area contributed by atoms with E-state index in [4.69, 9.17) is 4.74 Å². The number of carbonyl (C=O) groups is 1. The van der Waals surface area contributed by atoms with Gasteiger partial charge < -0.3 is 9.53 Å². The van der Waals surface area contributed by atoms with Gasteiger partial charge in [-0.2, -0.15) is 0 Å². The summed E-state index contributed by atoms with van der Waals surface area (Å²) in [4.78, 5) is 11.7. The first-order valence-electron chi connectivity index (χ1n) is 7.28. The molecular formula is C17H22O2. The van der Waals surface area contributed by atoms with Crippen molar-refractivity contribution in [3.63, 3.8) is 0 Å². The zero-order chi connectivity index (χ0) is 13.5. The highest BCUT2D eigenvalue weighted by Gasteiger charge is 2.54. The van der Waals surface area contributed by atoms with E-state index in [1.807, 2.05) is 18.2 Å². The third-order valence-corrected chi connectivity index (χ3v) is 4.63. The van der Waals surface area contributed by atoms with Crippen LogP contribution in [0.5, 0.6) is 0 Å². The molecule has 1 aliphatic heterocycles. The summed E-state index contributed by atoms with van der Waals surface area (Å²) in [6, 6.07) is 10.3. The zero-order valence-corrected chi connectivity index (χ0v) is 11.8. The summed E-state index contributed by atoms with van der Waals surface area (Å²) >= 11 is 0. The number of carbonyl (C=O) groups excluding carboxylic acids is 1. The summed E-state index contributed by atoms with van der Waals surface area (Å²) in [6.45, 7) is 4.26. The SMILES string of the molecule is CC1(C)CCC(c2ccccc2)(C(C=O)C2CC2)O1. The van der Waals surface area contributed by atoms with Crippen molar-refractivity contribution >= 4 is 6.29 Å².